The van der Waals surface area contributed by atoms with Gasteiger partial charge in [-0.2, -0.15) is 0 Å². The van der Waals surface area contributed by atoms with Crippen molar-refractivity contribution in [3.63, 3.8) is 0 Å². The summed E-state index contributed by atoms with van der Waals surface area (Å²) < 4.78 is 16.8. The largest absolute Gasteiger partial charge is 0.462 e. The van der Waals surface area contributed by atoms with E-state index in [0.29, 0.717) is 19.3 Å². The van der Waals surface area contributed by atoms with Crippen molar-refractivity contribution in [1.29, 1.82) is 0 Å². The van der Waals surface area contributed by atoms with Gasteiger partial charge in [-0.15, -0.1) is 0 Å². The molecule has 0 aliphatic rings. The highest BCUT2D eigenvalue weighted by Gasteiger charge is 2.19. The summed E-state index contributed by atoms with van der Waals surface area (Å²) in [7, 11) is 0. The highest BCUT2D eigenvalue weighted by atomic mass is 16.6. The lowest BCUT2D eigenvalue weighted by molar-refractivity contribution is -0.167. The van der Waals surface area contributed by atoms with E-state index in [9.17, 15) is 14.4 Å². The number of carbonyl (C=O) groups is 3. The molecule has 0 saturated carbocycles. The maximum Gasteiger partial charge on any atom is 0.306 e. The number of unbranched alkanes of at least 4 members (excludes halogenated alkanes) is 31. The number of hydrogen-bond acceptors (Lipinski definition) is 6. The summed E-state index contributed by atoms with van der Waals surface area (Å²) in [6, 6.07) is 0. The van der Waals surface area contributed by atoms with E-state index >= 15 is 0 Å². The molecule has 0 spiro atoms. The van der Waals surface area contributed by atoms with Crippen LogP contribution in [0.2, 0.25) is 0 Å². The van der Waals surface area contributed by atoms with Gasteiger partial charge >= 0.3 is 17.9 Å². The van der Waals surface area contributed by atoms with Crippen LogP contribution < -0.4 is 0 Å². The highest BCUT2D eigenvalue weighted by Crippen LogP contribution is 2.18. The summed E-state index contributed by atoms with van der Waals surface area (Å²) in [5, 5.41) is 0. The lowest BCUT2D eigenvalue weighted by Gasteiger charge is -2.18. The van der Waals surface area contributed by atoms with Gasteiger partial charge in [0.25, 0.3) is 0 Å². The van der Waals surface area contributed by atoms with Crippen LogP contribution >= 0.6 is 0 Å². The van der Waals surface area contributed by atoms with Gasteiger partial charge < -0.3 is 14.2 Å². The van der Waals surface area contributed by atoms with Crippen molar-refractivity contribution in [1.82, 2.24) is 0 Å². The molecule has 0 heterocycles. The van der Waals surface area contributed by atoms with Crippen LogP contribution in [0.1, 0.15) is 305 Å². The smallest absolute Gasteiger partial charge is 0.306 e. The summed E-state index contributed by atoms with van der Waals surface area (Å²) in [5.74, 6) is 1.67. The Morgan fingerprint density at radius 3 is 0.839 bits per heavy atom. The zero-order valence-electron chi connectivity index (χ0n) is 42.7. The fourth-order valence-corrected chi connectivity index (χ4v) is 8.44. The lowest BCUT2D eigenvalue weighted by atomic mass is 9.99. The number of esters is 3. The van der Waals surface area contributed by atoms with Crippen molar-refractivity contribution < 1.29 is 28.6 Å². The Bertz CT molecular complexity index is 962. The molecule has 0 aliphatic heterocycles. The van der Waals surface area contributed by atoms with Crippen molar-refractivity contribution in [2.24, 2.45) is 17.8 Å². The Morgan fingerprint density at radius 2 is 0.565 bits per heavy atom. The average Bonchev–Trinajstić information content (AvgIpc) is 3.24. The van der Waals surface area contributed by atoms with Crippen LogP contribution in [0.3, 0.4) is 0 Å². The van der Waals surface area contributed by atoms with E-state index in [1.54, 1.807) is 0 Å². The first-order valence-electron chi connectivity index (χ1n) is 27.6. The van der Waals surface area contributed by atoms with Crippen LogP contribution in [0.5, 0.6) is 0 Å². The second-order valence-corrected chi connectivity index (χ2v) is 20.4. The van der Waals surface area contributed by atoms with Gasteiger partial charge in [-0.1, -0.05) is 266 Å². The summed E-state index contributed by atoms with van der Waals surface area (Å²) in [6.07, 6.45) is 48.1. The summed E-state index contributed by atoms with van der Waals surface area (Å²) in [4.78, 5) is 38.0. The van der Waals surface area contributed by atoms with Gasteiger partial charge in [0.05, 0.1) is 0 Å². The summed E-state index contributed by atoms with van der Waals surface area (Å²) >= 11 is 0. The Morgan fingerprint density at radius 1 is 0.323 bits per heavy atom. The van der Waals surface area contributed by atoms with Crippen molar-refractivity contribution in [3.8, 4) is 0 Å². The molecule has 0 rings (SSSR count). The standard InChI is InChI=1S/C56H108O6/c1-7-52(6)44-38-32-26-19-16-17-21-29-35-41-47-56(59)62-53(49-61-55(58)46-40-34-28-23-22-25-31-37-43-51(4)5)48-60-54(57)45-39-33-27-20-15-13-11-9-8-10-12-14-18-24-30-36-42-50(2)3/h50-53H,7-49H2,1-6H3/t52?,53-/m0/s1. The van der Waals surface area contributed by atoms with Gasteiger partial charge in [0.15, 0.2) is 6.10 Å². The molecule has 2 atom stereocenters. The SMILES string of the molecule is CCC(C)CCCCCCCCCCCCC(=O)O[C@@H](COC(=O)CCCCCCCCCCCCCCCCCCC(C)C)COC(=O)CCCCCCCCCCC(C)C. The molecule has 0 N–H and O–H groups in total. The van der Waals surface area contributed by atoms with Crippen LogP contribution in [-0.2, 0) is 28.6 Å². The number of carbonyl (C=O) groups excluding carboxylic acids is 3. The predicted octanol–water partition coefficient (Wildman–Crippen LogP) is 17.9. The second kappa shape index (κ2) is 47.4. The molecule has 368 valence electrons. The van der Waals surface area contributed by atoms with Gasteiger partial charge in [0.1, 0.15) is 13.2 Å². The molecule has 0 bridgehead atoms. The molecule has 0 fully saturated rings. The van der Waals surface area contributed by atoms with E-state index in [2.05, 4.69) is 41.5 Å². The van der Waals surface area contributed by atoms with Crippen LogP contribution in [0.15, 0.2) is 0 Å². The minimum Gasteiger partial charge on any atom is -0.462 e. The normalized spacial score (nSPS) is 12.6. The third-order valence-corrected chi connectivity index (χ3v) is 13.0. The minimum absolute atomic E-state index is 0.0644. The maximum absolute atomic E-state index is 12.8. The Balaban J connectivity index is 4.27. The van der Waals surface area contributed by atoms with Crippen molar-refractivity contribution in [3.05, 3.63) is 0 Å². The number of ether oxygens (including phenoxy) is 3. The van der Waals surface area contributed by atoms with Gasteiger partial charge in [0.2, 0.25) is 0 Å². The molecule has 0 aliphatic carbocycles. The first kappa shape index (κ1) is 60.4. The first-order valence-corrected chi connectivity index (χ1v) is 27.6. The highest BCUT2D eigenvalue weighted by molar-refractivity contribution is 5.71. The molecule has 62 heavy (non-hydrogen) atoms. The lowest BCUT2D eigenvalue weighted by Crippen LogP contribution is -2.30. The van der Waals surface area contributed by atoms with Crippen LogP contribution in [0.25, 0.3) is 0 Å². The van der Waals surface area contributed by atoms with E-state index < -0.39 is 6.10 Å². The maximum atomic E-state index is 12.8. The molecular weight excluding hydrogens is 769 g/mol. The van der Waals surface area contributed by atoms with Crippen molar-refractivity contribution >= 4 is 17.9 Å². The third-order valence-electron chi connectivity index (χ3n) is 13.0. The molecule has 0 aromatic rings. The number of rotatable bonds is 49. The summed E-state index contributed by atoms with van der Waals surface area (Å²) in [6.45, 7) is 13.7. The monoisotopic (exact) mass is 877 g/mol. The molecule has 0 saturated heterocycles. The van der Waals surface area contributed by atoms with Gasteiger partial charge in [-0.05, 0) is 37.0 Å². The van der Waals surface area contributed by atoms with Gasteiger partial charge in [0, 0.05) is 19.3 Å². The fourth-order valence-electron chi connectivity index (χ4n) is 8.44. The van der Waals surface area contributed by atoms with E-state index in [1.807, 2.05) is 0 Å². The third kappa shape index (κ3) is 47.9. The average molecular weight is 877 g/mol. The molecule has 0 aromatic heterocycles. The predicted molar refractivity (Wildman–Crippen MR) is 266 cm³/mol. The molecule has 0 radical (unpaired) electrons. The molecule has 6 nitrogen and oxygen atoms in total. The number of hydrogen-bond donors (Lipinski definition) is 0. The van der Waals surface area contributed by atoms with Gasteiger partial charge in [-0.3, -0.25) is 14.4 Å². The molecular formula is C56H108O6. The zero-order chi connectivity index (χ0) is 45.6. The molecule has 6 heteroatoms. The van der Waals surface area contributed by atoms with Crippen LogP contribution in [-0.4, -0.2) is 37.2 Å². The van der Waals surface area contributed by atoms with Gasteiger partial charge in [-0.25, -0.2) is 0 Å². The second-order valence-electron chi connectivity index (χ2n) is 20.4. The Labute approximate surface area is 387 Å². The van der Waals surface area contributed by atoms with E-state index in [0.717, 1.165) is 75.5 Å². The van der Waals surface area contributed by atoms with Crippen LogP contribution in [0, 0.1) is 17.8 Å². The zero-order valence-corrected chi connectivity index (χ0v) is 42.7. The molecule has 1 unspecified atom stereocenters. The molecule has 0 amide bonds. The Kier molecular flexibility index (Phi) is 46.2. The topological polar surface area (TPSA) is 78.9 Å². The fraction of sp³-hybridized carbons (Fsp3) is 0.946. The minimum atomic E-state index is -0.763. The van der Waals surface area contributed by atoms with Crippen molar-refractivity contribution in [2.45, 2.75) is 311 Å². The van der Waals surface area contributed by atoms with E-state index in [-0.39, 0.29) is 31.1 Å². The Hall–Kier alpha value is -1.59. The van der Waals surface area contributed by atoms with E-state index in [4.69, 9.17) is 14.2 Å². The van der Waals surface area contributed by atoms with E-state index in [1.165, 1.54) is 186 Å². The quantitative estimate of drug-likeness (QED) is 0.0344. The first-order chi connectivity index (χ1) is 30.1. The molecule has 0 aromatic carbocycles. The van der Waals surface area contributed by atoms with Crippen molar-refractivity contribution in [2.75, 3.05) is 13.2 Å². The summed E-state index contributed by atoms with van der Waals surface area (Å²) in [5.41, 5.74) is 0. The van der Waals surface area contributed by atoms with Crippen LogP contribution in [0.4, 0.5) is 0 Å².